The van der Waals surface area contributed by atoms with Crippen LogP contribution in [0.5, 0.6) is 5.75 Å². The molecule has 28 heavy (non-hydrogen) atoms. The van der Waals surface area contributed by atoms with E-state index in [4.69, 9.17) is 4.74 Å². The number of nitrogens with zero attached hydrogens (tertiary/aromatic N) is 3. The summed E-state index contributed by atoms with van der Waals surface area (Å²) in [5, 5.41) is 2.17. The topological polar surface area (TPSA) is 28.6 Å². The maximum atomic E-state index is 5.84. The largest absolute Gasteiger partial charge is 0.487 e. The molecule has 3 aromatic rings. The molecule has 3 heterocycles. The zero-order valence-corrected chi connectivity index (χ0v) is 17.0. The molecule has 146 valence electrons. The molecule has 2 aromatic heterocycles. The Morgan fingerprint density at radius 2 is 1.68 bits per heavy atom. The van der Waals surface area contributed by atoms with Crippen LogP contribution in [0.3, 0.4) is 0 Å². The van der Waals surface area contributed by atoms with E-state index in [2.05, 4.69) is 56.6 Å². The van der Waals surface area contributed by atoms with E-state index in [-0.39, 0.29) is 0 Å². The molecule has 4 rings (SSSR count). The van der Waals surface area contributed by atoms with Crippen LogP contribution >= 0.6 is 11.3 Å². The van der Waals surface area contributed by atoms with E-state index < -0.39 is 0 Å². The molecular formula is C23H27N3OS. The van der Waals surface area contributed by atoms with Crippen LogP contribution in [-0.4, -0.2) is 41.0 Å². The average Bonchev–Trinajstić information content (AvgIpc) is 3.15. The van der Waals surface area contributed by atoms with Gasteiger partial charge in [0, 0.05) is 37.3 Å². The first-order valence-electron chi connectivity index (χ1n) is 9.94. The van der Waals surface area contributed by atoms with Crippen molar-refractivity contribution in [3.05, 3.63) is 82.3 Å². The summed E-state index contributed by atoms with van der Waals surface area (Å²) >= 11 is 1.86. The molecule has 0 spiro atoms. The fourth-order valence-corrected chi connectivity index (χ4v) is 4.30. The number of aromatic nitrogens is 1. The van der Waals surface area contributed by atoms with E-state index in [0.717, 1.165) is 37.6 Å². The van der Waals surface area contributed by atoms with Crippen molar-refractivity contribution in [2.24, 2.45) is 0 Å². The zero-order chi connectivity index (χ0) is 19.0. The molecule has 0 unspecified atom stereocenters. The summed E-state index contributed by atoms with van der Waals surface area (Å²) in [7, 11) is 0. The van der Waals surface area contributed by atoms with Crippen molar-refractivity contribution in [1.82, 2.24) is 14.8 Å². The number of ether oxygens (including phenoxy) is 1. The summed E-state index contributed by atoms with van der Waals surface area (Å²) in [4.78, 5) is 10.9. The summed E-state index contributed by atoms with van der Waals surface area (Å²) < 4.78 is 5.84. The highest BCUT2D eigenvalue weighted by Gasteiger charge is 2.15. The van der Waals surface area contributed by atoms with Gasteiger partial charge in [0.2, 0.25) is 0 Å². The van der Waals surface area contributed by atoms with Crippen LogP contribution in [0.25, 0.3) is 0 Å². The molecule has 0 aliphatic carbocycles. The molecule has 0 amide bonds. The van der Waals surface area contributed by atoms with E-state index in [0.29, 0.717) is 6.61 Å². The molecule has 1 saturated heterocycles. The molecule has 0 saturated carbocycles. The molecule has 1 aromatic carbocycles. The normalized spacial score (nSPS) is 16.0. The first kappa shape index (κ1) is 19.1. The molecule has 0 radical (unpaired) electrons. The molecule has 5 heteroatoms. The van der Waals surface area contributed by atoms with Gasteiger partial charge in [0.05, 0.1) is 5.69 Å². The molecule has 1 fully saturated rings. The Labute approximate surface area is 171 Å². The Kier molecular flexibility index (Phi) is 6.71. The molecule has 0 atom stereocenters. The van der Waals surface area contributed by atoms with E-state index in [1.807, 2.05) is 29.5 Å². The SMILES string of the molecule is c1ccc(COc2ccc(CN3CCCN(Cc4cccs4)CC3)cc2)nc1. The van der Waals surface area contributed by atoms with Gasteiger partial charge in [0.15, 0.2) is 0 Å². The highest BCUT2D eigenvalue weighted by atomic mass is 32.1. The Morgan fingerprint density at radius 3 is 2.39 bits per heavy atom. The number of hydrogen-bond acceptors (Lipinski definition) is 5. The predicted molar refractivity (Wildman–Crippen MR) is 115 cm³/mol. The smallest absolute Gasteiger partial charge is 0.130 e. The second kappa shape index (κ2) is 9.82. The van der Waals surface area contributed by atoms with E-state index in [9.17, 15) is 0 Å². The van der Waals surface area contributed by atoms with Gasteiger partial charge in [-0.25, -0.2) is 0 Å². The van der Waals surface area contributed by atoms with Crippen LogP contribution in [-0.2, 0) is 19.7 Å². The predicted octanol–water partition coefficient (Wildman–Crippen LogP) is 4.43. The summed E-state index contributed by atoms with van der Waals surface area (Å²) in [5.74, 6) is 0.896. The van der Waals surface area contributed by atoms with Crippen molar-refractivity contribution in [2.45, 2.75) is 26.1 Å². The third kappa shape index (κ3) is 5.64. The quantitative estimate of drug-likeness (QED) is 0.594. The van der Waals surface area contributed by atoms with Crippen molar-refractivity contribution in [1.29, 1.82) is 0 Å². The standard InChI is InChI=1S/C23H27N3OS/c1-2-11-24-21(5-1)19-27-22-9-7-20(8-10-22)17-25-12-4-13-26(15-14-25)18-23-6-3-16-28-23/h1-3,5-11,16H,4,12-15,17-19H2. The fourth-order valence-electron chi connectivity index (χ4n) is 3.55. The third-order valence-electron chi connectivity index (χ3n) is 5.08. The summed E-state index contributed by atoms with van der Waals surface area (Å²) in [6.07, 6.45) is 3.03. The van der Waals surface area contributed by atoms with Gasteiger partial charge in [0.25, 0.3) is 0 Å². The first-order chi connectivity index (χ1) is 13.8. The van der Waals surface area contributed by atoms with Crippen molar-refractivity contribution in [2.75, 3.05) is 26.2 Å². The Hall–Kier alpha value is -2.21. The second-order valence-corrected chi connectivity index (χ2v) is 8.27. The van der Waals surface area contributed by atoms with Gasteiger partial charge in [-0.1, -0.05) is 24.3 Å². The van der Waals surface area contributed by atoms with Crippen molar-refractivity contribution >= 4 is 11.3 Å². The molecule has 0 N–H and O–H groups in total. The fraction of sp³-hybridized carbons (Fsp3) is 0.348. The van der Waals surface area contributed by atoms with Gasteiger partial charge in [-0.3, -0.25) is 14.8 Å². The summed E-state index contributed by atoms with van der Waals surface area (Å²) in [6.45, 7) is 7.23. The van der Waals surface area contributed by atoms with Crippen LogP contribution < -0.4 is 4.74 Å². The minimum Gasteiger partial charge on any atom is -0.487 e. The van der Waals surface area contributed by atoms with Gasteiger partial charge < -0.3 is 4.74 Å². The first-order valence-corrected chi connectivity index (χ1v) is 10.8. The number of rotatable bonds is 7. The highest BCUT2D eigenvalue weighted by molar-refractivity contribution is 7.09. The van der Waals surface area contributed by atoms with E-state index in [1.165, 1.54) is 30.0 Å². The van der Waals surface area contributed by atoms with Crippen molar-refractivity contribution in [3.8, 4) is 5.75 Å². The lowest BCUT2D eigenvalue weighted by molar-refractivity contribution is 0.248. The Morgan fingerprint density at radius 1 is 0.857 bits per heavy atom. The molecule has 1 aliphatic heterocycles. The number of hydrogen-bond donors (Lipinski definition) is 0. The zero-order valence-electron chi connectivity index (χ0n) is 16.2. The van der Waals surface area contributed by atoms with Crippen LogP contribution in [0.2, 0.25) is 0 Å². The van der Waals surface area contributed by atoms with Crippen molar-refractivity contribution in [3.63, 3.8) is 0 Å². The maximum absolute atomic E-state index is 5.84. The average molecular weight is 394 g/mol. The minimum atomic E-state index is 0.506. The van der Waals surface area contributed by atoms with Gasteiger partial charge in [-0.2, -0.15) is 0 Å². The third-order valence-corrected chi connectivity index (χ3v) is 5.94. The van der Waals surface area contributed by atoms with Gasteiger partial charge in [0.1, 0.15) is 12.4 Å². The van der Waals surface area contributed by atoms with Gasteiger partial charge in [-0.05, 0) is 60.8 Å². The lowest BCUT2D eigenvalue weighted by atomic mass is 10.2. The van der Waals surface area contributed by atoms with Gasteiger partial charge in [-0.15, -0.1) is 11.3 Å². The van der Waals surface area contributed by atoms with Crippen molar-refractivity contribution < 1.29 is 4.74 Å². The highest BCUT2D eigenvalue weighted by Crippen LogP contribution is 2.17. The van der Waals surface area contributed by atoms with E-state index in [1.54, 1.807) is 6.20 Å². The number of thiophene rings is 1. The molecule has 1 aliphatic rings. The number of pyridine rings is 1. The lowest BCUT2D eigenvalue weighted by Crippen LogP contribution is -2.30. The molecule has 4 nitrogen and oxygen atoms in total. The Balaban J connectivity index is 1.25. The summed E-state index contributed by atoms with van der Waals surface area (Å²) in [5.41, 5.74) is 2.29. The minimum absolute atomic E-state index is 0.506. The second-order valence-electron chi connectivity index (χ2n) is 7.24. The monoisotopic (exact) mass is 393 g/mol. The van der Waals surface area contributed by atoms with Crippen LogP contribution in [0, 0.1) is 0 Å². The Bertz CT molecular complexity index is 821. The summed E-state index contributed by atoms with van der Waals surface area (Å²) in [6, 6.07) is 18.8. The molecular weight excluding hydrogens is 366 g/mol. The van der Waals surface area contributed by atoms with Crippen LogP contribution in [0.15, 0.2) is 66.2 Å². The van der Waals surface area contributed by atoms with Crippen LogP contribution in [0.4, 0.5) is 0 Å². The molecule has 0 bridgehead atoms. The van der Waals surface area contributed by atoms with Crippen LogP contribution in [0.1, 0.15) is 22.6 Å². The maximum Gasteiger partial charge on any atom is 0.130 e. The van der Waals surface area contributed by atoms with E-state index >= 15 is 0 Å². The van der Waals surface area contributed by atoms with Gasteiger partial charge >= 0.3 is 0 Å². The lowest BCUT2D eigenvalue weighted by Gasteiger charge is -2.21. The number of benzene rings is 1.